The second-order valence-electron chi connectivity index (χ2n) is 8.74. The largest absolute Gasteiger partial charge is 0.493 e. The molecule has 0 fully saturated rings. The Labute approximate surface area is 227 Å². The van der Waals surface area contributed by atoms with Crippen LogP contribution in [0.4, 0.5) is 5.95 Å². The fraction of sp³-hybridized carbons (Fsp3) is 0.233. The third-order valence-corrected chi connectivity index (χ3v) is 6.12. The quantitative estimate of drug-likeness (QED) is 0.296. The van der Waals surface area contributed by atoms with Crippen molar-refractivity contribution in [3.05, 3.63) is 90.6 Å². The molecule has 1 N–H and O–H groups in total. The molecule has 0 aliphatic heterocycles. The van der Waals surface area contributed by atoms with E-state index in [1.54, 1.807) is 38.0 Å². The van der Waals surface area contributed by atoms with Crippen LogP contribution in [-0.4, -0.2) is 67.3 Å². The number of amides is 2. The molecule has 39 heavy (non-hydrogen) atoms. The molecule has 0 bridgehead atoms. The topological polar surface area (TPSA) is 94.9 Å². The van der Waals surface area contributed by atoms with Crippen molar-refractivity contribution in [2.45, 2.75) is 6.42 Å². The van der Waals surface area contributed by atoms with E-state index in [0.29, 0.717) is 35.4 Å². The maximum Gasteiger partial charge on any atom is 0.246 e. The maximum absolute atomic E-state index is 13.3. The van der Waals surface area contributed by atoms with Crippen molar-refractivity contribution in [2.24, 2.45) is 0 Å². The highest BCUT2D eigenvalue weighted by Crippen LogP contribution is 2.31. The van der Waals surface area contributed by atoms with Crippen LogP contribution in [0.2, 0.25) is 0 Å². The summed E-state index contributed by atoms with van der Waals surface area (Å²) in [5, 5.41) is 2.90. The zero-order valence-corrected chi connectivity index (χ0v) is 22.3. The first-order valence-corrected chi connectivity index (χ1v) is 12.5. The Morgan fingerprint density at radius 2 is 1.59 bits per heavy atom. The van der Waals surface area contributed by atoms with E-state index in [-0.39, 0.29) is 31.3 Å². The lowest BCUT2D eigenvalue weighted by molar-refractivity contribution is -0.134. The third-order valence-electron chi connectivity index (χ3n) is 6.12. The first-order valence-electron chi connectivity index (χ1n) is 12.5. The number of nitrogens with zero attached hydrogens (tertiary/aromatic N) is 3. The predicted molar refractivity (Wildman–Crippen MR) is 149 cm³/mol. The summed E-state index contributed by atoms with van der Waals surface area (Å²) in [4.78, 5) is 32.5. The summed E-state index contributed by atoms with van der Waals surface area (Å²) in [6, 6.07) is 24.5. The average molecular weight is 529 g/mol. The first-order chi connectivity index (χ1) is 19.0. The van der Waals surface area contributed by atoms with Gasteiger partial charge in [0.25, 0.3) is 0 Å². The van der Waals surface area contributed by atoms with Gasteiger partial charge >= 0.3 is 0 Å². The van der Waals surface area contributed by atoms with E-state index < -0.39 is 0 Å². The molecule has 2 amide bonds. The van der Waals surface area contributed by atoms with Gasteiger partial charge in [0.2, 0.25) is 17.8 Å². The number of hydrogen-bond donors (Lipinski definition) is 1. The highest BCUT2D eigenvalue weighted by molar-refractivity contribution is 5.94. The van der Waals surface area contributed by atoms with Gasteiger partial charge in [0.15, 0.2) is 11.5 Å². The Morgan fingerprint density at radius 3 is 2.26 bits per heavy atom. The number of imidazole rings is 1. The molecule has 4 aromatic rings. The van der Waals surface area contributed by atoms with E-state index in [9.17, 15) is 9.59 Å². The zero-order chi connectivity index (χ0) is 27.6. The normalized spacial score (nSPS) is 10.6. The molecule has 9 nitrogen and oxygen atoms in total. The lowest BCUT2D eigenvalue weighted by Crippen LogP contribution is -2.41. The first kappa shape index (κ1) is 27.4. The molecule has 0 unspecified atom stereocenters. The van der Waals surface area contributed by atoms with Gasteiger partial charge in [-0.3, -0.25) is 19.5 Å². The van der Waals surface area contributed by atoms with Gasteiger partial charge in [-0.05, 0) is 17.7 Å². The molecule has 0 radical (unpaired) electrons. The molecule has 0 atom stereocenters. The van der Waals surface area contributed by atoms with Gasteiger partial charge in [-0.25, -0.2) is 4.98 Å². The van der Waals surface area contributed by atoms with E-state index in [1.165, 1.54) is 4.90 Å². The Kier molecular flexibility index (Phi) is 9.31. The molecule has 0 saturated heterocycles. The highest BCUT2D eigenvalue weighted by Gasteiger charge is 2.20. The number of nitrogens with one attached hydrogen (secondary N) is 1. The summed E-state index contributed by atoms with van der Waals surface area (Å²) in [5.41, 5.74) is 3.17. The minimum absolute atomic E-state index is 0.144. The SMILES string of the molecule is COCCN(CC(=O)Nc1nc(-c2ccccc2)cn1-c1ccc(OC)c(OC)c1)C(=O)Cc1ccccc1. The van der Waals surface area contributed by atoms with Crippen LogP contribution in [-0.2, 0) is 20.7 Å². The second kappa shape index (κ2) is 13.3. The maximum atomic E-state index is 13.3. The van der Waals surface area contributed by atoms with Crippen molar-refractivity contribution in [1.82, 2.24) is 14.5 Å². The van der Waals surface area contributed by atoms with Crippen molar-refractivity contribution in [2.75, 3.05) is 46.3 Å². The number of benzene rings is 3. The third kappa shape index (κ3) is 7.03. The van der Waals surface area contributed by atoms with E-state index in [1.807, 2.05) is 72.9 Å². The average Bonchev–Trinajstić information content (AvgIpc) is 3.39. The number of rotatable bonds is 12. The molecule has 202 valence electrons. The van der Waals surface area contributed by atoms with Gasteiger partial charge in [-0.2, -0.15) is 0 Å². The van der Waals surface area contributed by atoms with Crippen molar-refractivity contribution < 1.29 is 23.8 Å². The molecular weight excluding hydrogens is 496 g/mol. The molecular formula is C30H32N4O5. The molecule has 3 aromatic carbocycles. The standard InChI is InChI=1S/C30H32N4O5/c1-37-17-16-33(29(36)18-22-10-6-4-7-11-22)21-28(35)32-30-31-25(23-12-8-5-9-13-23)20-34(30)24-14-15-26(38-2)27(19-24)39-3/h4-15,19-20H,16-18,21H2,1-3H3,(H,31,32,35). The lowest BCUT2D eigenvalue weighted by atomic mass is 10.1. The molecule has 1 aromatic heterocycles. The van der Waals surface area contributed by atoms with Crippen LogP contribution in [0.5, 0.6) is 11.5 Å². The Hall–Kier alpha value is -4.63. The van der Waals surface area contributed by atoms with Crippen LogP contribution in [0.3, 0.4) is 0 Å². The van der Waals surface area contributed by atoms with Gasteiger partial charge in [0.05, 0.1) is 38.6 Å². The number of methoxy groups -OCH3 is 3. The molecule has 0 spiro atoms. The minimum Gasteiger partial charge on any atom is -0.493 e. The van der Waals surface area contributed by atoms with Gasteiger partial charge in [-0.15, -0.1) is 0 Å². The molecule has 0 aliphatic rings. The van der Waals surface area contributed by atoms with Crippen molar-refractivity contribution in [3.63, 3.8) is 0 Å². The van der Waals surface area contributed by atoms with Crippen LogP contribution in [0, 0.1) is 0 Å². The number of carbonyl (C=O) groups excluding carboxylic acids is 2. The summed E-state index contributed by atoms with van der Waals surface area (Å²) >= 11 is 0. The monoisotopic (exact) mass is 528 g/mol. The summed E-state index contributed by atoms with van der Waals surface area (Å²) in [5.74, 6) is 0.898. The van der Waals surface area contributed by atoms with Gasteiger partial charge in [-0.1, -0.05) is 60.7 Å². The number of hydrogen-bond acceptors (Lipinski definition) is 6. The number of ether oxygens (including phenoxy) is 3. The summed E-state index contributed by atoms with van der Waals surface area (Å²) in [7, 11) is 4.70. The van der Waals surface area contributed by atoms with Crippen LogP contribution < -0.4 is 14.8 Å². The van der Waals surface area contributed by atoms with Crippen LogP contribution in [0.15, 0.2) is 85.1 Å². The van der Waals surface area contributed by atoms with Gasteiger partial charge < -0.3 is 19.1 Å². The highest BCUT2D eigenvalue weighted by atomic mass is 16.5. The van der Waals surface area contributed by atoms with Crippen LogP contribution >= 0.6 is 0 Å². The van der Waals surface area contributed by atoms with E-state index >= 15 is 0 Å². The molecule has 0 aliphatic carbocycles. The zero-order valence-electron chi connectivity index (χ0n) is 22.3. The van der Waals surface area contributed by atoms with E-state index in [4.69, 9.17) is 19.2 Å². The van der Waals surface area contributed by atoms with Crippen molar-refractivity contribution >= 4 is 17.8 Å². The Morgan fingerprint density at radius 1 is 0.897 bits per heavy atom. The van der Waals surface area contributed by atoms with Crippen molar-refractivity contribution in [1.29, 1.82) is 0 Å². The summed E-state index contributed by atoms with van der Waals surface area (Å²) < 4.78 is 17.8. The van der Waals surface area contributed by atoms with Crippen LogP contribution in [0.25, 0.3) is 16.9 Å². The number of carbonyl (C=O) groups is 2. The predicted octanol–water partition coefficient (Wildman–Crippen LogP) is 4.21. The summed E-state index contributed by atoms with van der Waals surface area (Å²) in [6.45, 7) is 0.454. The smallest absolute Gasteiger partial charge is 0.246 e. The van der Waals surface area contributed by atoms with Gasteiger partial charge in [0, 0.05) is 31.5 Å². The lowest BCUT2D eigenvalue weighted by Gasteiger charge is -2.22. The van der Waals surface area contributed by atoms with Crippen LogP contribution in [0.1, 0.15) is 5.56 Å². The van der Waals surface area contributed by atoms with Gasteiger partial charge in [0.1, 0.15) is 6.54 Å². The molecule has 9 heteroatoms. The number of aromatic nitrogens is 2. The Balaban J connectivity index is 1.60. The second-order valence-corrected chi connectivity index (χ2v) is 8.74. The molecule has 0 saturated carbocycles. The Bertz CT molecular complexity index is 1390. The number of anilines is 1. The summed E-state index contributed by atoms with van der Waals surface area (Å²) in [6.07, 6.45) is 2.03. The molecule has 4 rings (SSSR count). The minimum atomic E-state index is -0.376. The van der Waals surface area contributed by atoms with Crippen molar-refractivity contribution in [3.8, 4) is 28.4 Å². The molecule has 1 heterocycles. The van der Waals surface area contributed by atoms with E-state index in [0.717, 1.165) is 11.1 Å². The fourth-order valence-electron chi connectivity index (χ4n) is 4.10. The van der Waals surface area contributed by atoms with E-state index in [2.05, 4.69) is 5.32 Å². The fourth-order valence-corrected chi connectivity index (χ4v) is 4.10.